The molecule has 0 nitrogen and oxygen atoms in total. The third kappa shape index (κ3) is 5.26. The van der Waals surface area contributed by atoms with Gasteiger partial charge < -0.3 is 0 Å². The van der Waals surface area contributed by atoms with Crippen LogP contribution in [-0.2, 0) is 24.6 Å². The molecule has 0 amide bonds. The Morgan fingerprint density at radius 1 is 0.588 bits per heavy atom. The van der Waals surface area contributed by atoms with E-state index in [1.807, 2.05) is 0 Å². The second-order valence-corrected chi connectivity index (χ2v) is 8.81. The van der Waals surface area contributed by atoms with Crippen LogP contribution in [0.3, 0.4) is 0 Å². The van der Waals surface area contributed by atoms with E-state index < -0.39 is 55.3 Å². The minimum absolute atomic E-state index is 2.66. The zero-order chi connectivity index (χ0) is 14.0. The van der Waals surface area contributed by atoms with Gasteiger partial charge in [0.2, 0.25) is 0 Å². The van der Waals surface area contributed by atoms with Crippen LogP contribution in [0.4, 0.5) is 43.9 Å². The van der Waals surface area contributed by atoms with Crippen LogP contribution in [0, 0.1) is 0 Å². The van der Waals surface area contributed by atoms with E-state index in [1.54, 1.807) is 0 Å². The van der Waals surface area contributed by atoms with Crippen molar-refractivity contribution in [2.75, 3.05) is 0 Å². The van der Waals surface area contributed by atoms with Crippen LogP contribution in [-0.4, -0.2) is 12.4 Å². The van der Waals surface area contributed by atoms with Gasteiger partial charge in [-0.15, -0.1) is 0 Å². The molecule has 0 aliphatic heterocycles. The van der Waals surface area contributed by atoms with E-state index in [4.69, 9.17) is 0 Å². The third-order valence-electron chi connectivity index (χ3n) is 1.28. The van der Waals surface area contributed by atoms with E-state index in [9.17, 15) is 43.9 Å². The first-order valence-electron chi connectivity index (χ1n) is 3.60. The summed E-state index contributed by atoms with van der Waals surface area (Å²) in [4.78, 5) is 0. The molecule has 0 radical (unpaired) electrons. The predicted molar refractivity (Wildman–Crippen MR) is 30.6 cm³/mol. The summed E-state index contributed by atoms with van der Waals surface area (Å²) in [6, 6.07) is 0. The van der Waals surface area contributed by atoms with Crippen molar-refractivity contribution in [1.29, 1.82) is 0 Å². The van der Waals surface area contributed by atoms with E-state index in [0.29, 0.717) is 0 Å². The summed E-state index contributed by atoms with van der Waals surface area (Å²) < 4.78 is 113. The van der Waals surface area contributed by atoms with E-state index in [0.717, 1.165) is 0 Å². The van der Waals surface area contributed by atoms with Gasteiger partial charge in [0.1, 0.15) is 0 Å². The fourth-order valence-electron chi connectivity index (χ4n) is 0.599. The molecule has 0 saturated heterocycles. The molecule has 0 aromatic carbocycles. The van der Waals surface area contributed by atoms with Crippen LogP contribution >= 0.6 is 0 Å². The Bertz CT molecular complexity index is 311. The maximum atomic E-state index is 12.4. The van der Waals surface area contributed by atoms with Crippen LogP contribution < -0.4 is 0 Å². The van der Waals surface area contributed by atoms with Gasteiger partial charge in [0.05, 0.1) is 0 Å². The van der Waals surface area contributed by atoms with E-state index in [-0.39, 0.29) is 0 Å². The molecule has 0 unspecified atom stereocenters. The van der Waals surface area contributed by atoms with Crippen molar-refractivity contribution in [2.45, 2.75) is 12.4 Å². The number of alkyl halides is 6. The van der Waals surface area contributed by atoms with Crippen molar-refractivity contribution in [2.24, 2.45) is 0 Å². The predicted octanol–water partition coefficient (Wildman–Crippen LogP) is 4.41. The molecule has 17 heavy (non-hydrogen) atoms. The quantitative estimate of drug-likeness (QED) is 0.421. The Morgan fingerprint density at radius 3 is 1.00 bits per heavy atom. The van der Waals surface area contributed by atoms with Crippen molar-refractivity contribution >= 4 is 0 Å². The minimum atomic E-state index is -5.76. The van der Waals surface area contributed by atoms with Crippen molar-refractivity contribution in [3.63, 3.8) is 0 Å². The van der Waals surface area contributed by atoms with Gasteiger partial charge in [0.25, 0.3) is 0 Å². The molecule has 0 aliphatic rings. The van der Waals surface area contributed by atoms with Crippen LogP contribution in [0.15, 0.2) is 18.3 Å². The van der Waals surface area contributed by atoms with Gasteiger partial charge in [-0.05, 0) is 0 Å². The third-order valence-corrected chi connectivity index (χ3v) is 6.11. The SMILES string of the molecule is F/[C]([Hg]/[C](F)=C(\F)C(F)(F)F)=C(/F)C(F)(F)F. The fourth-order valence-corrected chi connectivity index (χ4v) is 4.42. The standard InChI is InChI=1S/2C3F5.Hg/c2*4-1-2(5)3(6,7)8;. The van der Waals surface area contributed by atoms with Gasteiger partial charge in [-0.2, -0.15) is 0 Å². The maximum absolute atomic E-state index is 12.4. The molecule has 0 bridgehead atoms. The van der Waals surface area contributed by atoms with Gasteiger partial charge in [0, 0.05) is 0 Å². The van der Waals surface area contributed by atoms with Gasteiger partial charge in [-0.1, -0.05) is 0 Å². The zero-order valence-electron chi connectivity index (χ0n) is 7.49. The van der Waals surface area contributed by atoms with E-state index in [1.165, 1.54) is 0 Å². The number of hydrogen-bond acceptors (Lipinski definition) is 0. The molecule has 11 heteroatoms. The average Bonchev–Trinajstić information content (AvgIpc) is 2.12. The molecule has 0 aliphatic carbocycles. The van der Waals surface area contributed by atoms with E-state index >= 15 is 0 Å². The number of rotatable bonds is 2. The summed E-state index contributed by atoms with van der Waals surface area (Å²) >= 11 is -4.57. The summed E-state index contributed by atoms with van der Waals surface area (Å²) in [5, 5.41) is 0. The van der Waals surface area contributed by atoms with Crippen molar-refractivity contribution in [3.8, 4) is 0 Å². The molecule has 0 aromatic heterocycles. The molecule has 0 aromatic rings. The summed E-state index contributed by atoms with van der Waals surface area (Å²) in [5.41, 5.74) is 0. The van der Waals surface area contributed by atoms with Crippen LogP contribution in [0.1, 0.15) is 0 Å². The van der Waals surface area contributed by atoms with E-state index in [2.05, 4.69) is 0 Å². The van der Waals surface area contributed by atoms with Crippen molar-refractivity contribution in [1.82, 2.24) is 0 Å². The second-order valence-electron chi connectivity index (χ2n) is 2.61. The molecule has 0 spiro atoms. The van der Waals surface area contributed by atoms with Gasteiger partial charge in [-0.25, -0.2) is 0 Å². The number of hydrogen-bond donors (Lipinski definition) is 0. The average molecular weight is 463 g/mol. The second kappa shape index (κ2) is 5.57. The first-order valence-corrected chi connectivity index (χ1v) is 9.09. The van der Waals surface area contributed by atoms with Crippen LogP contribution in [0.5, 0.6) is 0 Å². The molecule has 0 saturated carbocycles. The molecule has 0 fully saturated rings. The molecule has 96 valence electrons. The molecule has 0 atom stereocenters. The molecular weight excluding hydrogens is 463 g/mol. The Labute approximate surface area is 99.4 Å². The summed E-state index contributed by atoms with van der Waals surface area (Å²) in [5.74, 6) is -6.63. The number of allylic oxidation sites excluding steroid dienone is 2. The van der Waals surface area contributed by atoms with Crippen molar-refractivity contribution < 1.29 is 68.5 Å². The molecular formula is C6F10Hg. The normalized spacial score (nSPS) is 16.1. The first kappa shape index (κ1) is 16.7. The first-order chi connectivity index (χ1) is 7.37. The summed E-state index contributed by atoms with van der Waals surface area (Å²) in [6.45, 7) is 0. The van der Waals surface area contributed by atoms with Gasteiger partial charge in [0.15, 0.2) is 0 Å². The summed E-state index contributed by atoms with van der Waals surface area (Å²) in [6.07, 6.45) is -11.5. The number of halogens is 10. The zero-order valence-corrected chi connectivity index (χ0v) is 13.0. The van der Waals surface area contributed by atoms with Gasteiger partial charge in [-0.3, -0.25) is 0 Å². The van der Waals surface area contributed by atoms with Gasteiger partial charge >= 0.3 is 99.2 Å². The van der Waals surface area contributed by atoms with Crippen LogP contribution in [0.2, 0.25) is 0 Å². The Morgan fingerprint density at radius 2 is 0.824 bits per heavy atom. The van der Waals surface area contributed by atoms with Crippen molar-refractivity contribution in [3.05, 3.63) is 18.3 Å². The molecule has 0 heterocycles. The Kier molecular flexibility index (Phi) is 5.48. The Hall–Kier alpha value is -0.285. The molecule has 0 N–H and O–H groups in total. The van der Waals surface area contributed by atoms with Crippen LogP contribution in [0.25, 0.3) is 0 Å². The monoisotopic (exact) mass is 464 g/mol. The topological polar surface area (TPSA) is 0 Å². The summed E-state index contributed by atoms with van der Waals surface area (Å²) in [7, 11) is 0. The Balaban J connectivity index is 5.13. The molecule has 0 rings (SSSR count). The fraction of sp³-hybridized carbons (Fsp3) is 0.333.